The lowest BCUT2D eigenvalue weighted by Gasteiger charge is -2.33. The van der Waals surface area contributed by atoms with E-state index in [1.54, 1.807) is 11.7 Å². The van der Waals surface area contributed by atoms with Gasteiger partial charge in [-0.2, -0.15) is 0 Å². The third-order valence-electron chi connectivity index (χ3n) is 2.23. The molecule has 0 spiro atoms. The van der Waals surface area contributed by atoms with E-state index in [1.807, 2.05) is 0 Å². The maximum absolute atomic E-state index is 11.3. The number of nitrogens with two attached hydrogens (primary N) is 2. The van der Waals surface area contributed by atoms with Gasteiger partial charge in [0, 0.05) is 0 Å². The third-order valence-corrected chi connectivity index (χ3v) is 3.49. The van der Waals surface area contributed by atoms with Gasteiger partial charge in [0.1, 0.15) is 0 Å². The van der Waals surface area contributed by atoms with Gasteiger partial charge in [0.05, 0.1) is 6.17 Å². The lowest BCUT2D eigenvalue weighted by atomic mass is 10.1. The average molecular weight is 192 g/mol. The zero-order chi connectivity index (χ0) is 9.19. The first-order valence-corrected chi connectivity index (χ1v) is 5.95. The Morgan fingerprint density at radius 3 is 2.58 bits per heavy atom. The van der Waals surface area contributed by atoms with E-state index in [0.717, 1.165) is 19.4 Å². The molecule has 1 unspecified atom stereocenters. The lowest BCUT2D eigenvalue weighted by Crippen LogP contribution is -2.46. The average Bonchev–Trinajstić information content (AvgIpc) is 2.03. The Morgan fingerprint density at radius 1 is 1.50 bits per heavy atom. The summed E-state index contributed by atoms with van der Waals surface area (Å²) in [5, 5.41) is 3.22. The van der Waals surface area contributed by atoms with Gasteiger partial charge in [-0.1, -0.05) is 0 Å². The monoisotopic (exact) mass is 192 g/mol. The van der Waals surface area contributed by atoms with Gasteiger partial charge >= 0.3 is 0 Å². The van der Waals surface area contributed by atoms with Crippen LogP contribution in [0.3, 0.4) is 0 Å². The van der Waals surface area contributed by atoms with Gasteiger partial charge in [0.15, 0.2) is 0 Å². The van der Waals surface area contributed by atoms with E-state index in [4.69, 9.17) is 11.0 Å². The van der Waals surface area contributed by atoms with Gasteiger partial charge in [-0.05, 0) is 32.9 Å². The van der Waals surface area contributed by atoms with E-state index >= 15 is 0 Å². The summed E-state index contributed by atoms with van der Waals surface area (Å²) in [4.78, 5) is 0. The molecule has 0 bridgehead atoms. The van der Waals surface area contributed by atoms with Crippen LogP contribution in [0.1, 0.15) is 19.3 Å². The van der Waals surface area contributed by atoms with E-state index in [-0.39, 0.29) is 6.17 Å². The molecule has 5 N–H and O–H groups in total. The fourth-order valence-electron chi connectivity index (χ4n) is 1.37. The van der Waals surface area contributed by atoms with Crippen molar-refractivity contribution >= 4 is 7.59 Å². The number of piperidine rings is 1. The van der Waals surface area contributed by atoms with Crippen LogP contribution in [-0.2, 0) is 4.57 Å². The van der Waals surface area contributed by atoms with E-state index in [2.05, 4.69) is 5.32 Å². The molecule has 1 heterocycles. The molecule has 1 rings (SSSR count). The first kappa shape index (κ1) is 10.2. The minimum atomic E-state index is -3.05. The molecule has 5 nitrogen and oxygen atoms in total. The SMILES string of the molecule is CN(C1CCCCN1)P(N)(N)=O. The molecule has 0 aromatic carbocycles. The number of rotatable bonds is 2. The molecule has 0 saturated carbocycles. The molecule has 1 aliphatic rings. The van der Waals surface area contributed by atoms with Crippen LogP contribution in [0.2, 0.25) is 0 Å². The van der Waals surface area contributed by atoms with Crippen molar-refractivity contribution in [2.75, 3.05) is 13.6 Å². The fraction of sp³-hybridized carbons (Fsp3) is 1.00. The van der Waals surface area contributed by atoms with Crippen LogP contribution in [0.15, 0.2) is 0 Å². The molecule has 0 aromatic rings. The van der Waals surface area contributed by atoms with Crippen molar-refractivity contribution in [3.63, 3.8) is 0 Å². The number of hydrogen-bond donors (Lipinski definition) is 3. The molecule has 12 heavy (non-hydrogen) atoms. The molecule has 72 valence electrons. The summed E-state index contributed by atoms with van der Waals surface area (Å²) in [5.41, 5.74) is 10.7. The maximum atomic E-state index is 11.3. The van der Waals surface area contributed by atoms with E-state index in [9.17, 15) is 4.57 Å². The molecule has 0 aliphatic carbocycles. The van der Waals surface area contributed by atoms with Crippen LogP contribution in [-0.4, -0.2) is 24.4 Å². The van der Waals surface area contributed by atoms with Gasteiger partial charge in [-0.3, -0.25) is 15.6 Å². The van der Waals surface area contributed by atoms with Crippen LogP contribution < -0.4 is 16.3 Å². The van der Waals surface area contributed by atoms with Crippen molar-refractivity contribution in [3.05, 3.63) is 0 Å². The van der Waals surface area contributed by atoms with E-state index in [1.165, 1.54) is 6.42 Å². The van der Waals surface area contributed by atoms with E-state index < -0.39 is 7.59 Å². The van der Waals surface area contributed by atoms with Crippen LogP contribution in [0.4, 0.5) is 0 Å². The van der Waals surface area contributed by atoms with Crippen molar-refractivity contribution in [2.24, 2.45) is 11.0 Å². The van der Waals surface area contributed by atoms with Gasteiger partial charge in [0.25, 0.3) is 7.59 Å². The first-order valence-electron chi connectivity index (χ1n) is 4.15. The van der Waals surface area contributed by atoms with Gasteiger partial charge < -0.3 is 5.32 Å². The Kier molecular flexibility index (Phi) is 3.26. The minimum absolute atomic E-state index is 0.0829. The Balaban J connectivity index is 2.51. The normalized spacial score (nSPS) is 26.2. The predicted octanol–water partition coefficient (Wildman–Crippen LogP) is 0.0433. The molecule has 1 saturated heterocycles. The fourth-order valence-corrected chi connectivity index (χ4v) is 2.00. The molecular formula is C6H17N4OP. The number of nitrogens with zero attached hydrogens (tertiary/aromatic N) is 1. The zero-order valence-corrected chi connectivity index (χ0v) is 8.26. The smallest absolute Gasteiger partial charge is 0.277 e. The summed E-state index contributed by atoms with van der Waals surface area (Å²) in [6.07, 6.45) is 3.36. The highest BCUT2D eigenvalue weighted by atomic mass is 31.2. The highest BCUT2D eigenvalue weighted by Crippen LogP contribution is 2.32. The van der Waals surface area contributed by atoms with Crippen molar-refractivity contribution < 1.29 is 4.57 Å². The summed E-state index contributed by atoms with van der Waals surface area (Å²) in [6, 6.07) is 0. The quantitative estimate of drug-likeness (QED) is 0.538. The van der Waals surface area contributed by atoms with Crippen LogP contribution in [0.5, 0.6) is 0 Å². The summed E-state index contributed by atoms with van der Waals surface area (Å²) in [6.45, 7) is 0.953. The molecule has 6 heteroatoms. The molecule has 1 atom stereocenters. The Hall–Kier alpha value is 0.0700. The summed E-state index contributed by atoms with van der Waals surface area (Å²) < 4.78 is 12.8. The van der Waals surface area contributed by atoms with Crippen molar-refractivity contribution in [2.45, 2.75) is 25.4 Å². The van der Waals surface area contributed by atoms with Gasteiger partial charge in [-0.15, -0.1) is 0 Å². The molecule has 1 fully saturated rings. The van der Waals surface area contributed by atoms with E-state index in [0.29, 0.717) is 0 Å². The minimum Gasteiger partial charge on any atom is -0.301 e. The standard InChI is InChI=1S/C6H17N4OP/c1-10(12(7,8)11)6-4-2-3-5-9-6/h6,9H,2-5H2,1H3,(H4,7,8,11). The zero-order valence-electron chi connectivity index (χ0n) is 7.36. The number of hydrogen-bond acceptors (Lipinski definition) is 2. The second kappa shape index (κ2) is 3.85. The largest absolute Gasteiger partial charge is 0.301 e. The van der Waals surface area contributed by atoms with Gasteiger partial charge in [0.2, 0.25) is 0 Å². The lowest BCUT2D eigenvalue weighted by molar-refractivity contribution is 0.257. The predicted molar refractivity (Wildman–Crippen MR) is 49.4 cm³/mol. The Bertz CT molecular complexity index is 186. The van der Waals surface area contributed by atoms with Crippen LogP contribution in [0, 0.1) is 0 Å². The first-order chi connectivity index (χ1) is 5.52. The Morgan fingerprint density at radius 2 is 2.17 bits per heavy atom. The van der Waals surface area contributed by atoms with Crippen molar-refractivity contribution in [1.29, 1.82) is 0 Å². The second-order valence-electron chi connectivity index (χ2n) is 3.21. The number of nitrogens with one attached hydrogen (secondary N) is 1. The maximum Gasteiger partial charge on any atom is 0.277 e. The summed E-state index contributed by atoms with van der Waals surface area (Å²) in [5.74, 6) is 0. The van der Waals surface area contributed by atoms with Crippen molar-refractivity contribution in [3.8, 4) is 0 Å². The Labute approximate surface area is 73.0 Å². The van der Waals surface area contributed by atoms with Gasteiger partial charge in [-0.25, -0.2) is 4.67 Å². The van der Waals surface area contributed by atoms with Crippen molar-refractivity contribution in [1.82, 2.24) is 9.99 Å². The molecular weight excluding hydrogens is 175 g/mol. The third kappa shape index (κ3) is 2.54. The topological polar surface area (TPSA) is 84.4 Å². The second-order valence-corrected chi connectivity index (χ2v) is 5.19. The highest BCUT2D eigenvalue weighted by molar-refractivity contribution is 7.56. The van der Waals surface area contributed by atoms with Crippen LogP contribution in [0.25, 0.3) is 0 Å². The molecule has 0 radical (unpaired) electrons. The molecule has 0 amide bonds. The highest BCUT2D eigenvalue weighted by Gasteiger charge is 2.26. The molecule has 1 aliphatic heterocycles. The van der Waals surface area contributed by atoms with Crippen LogP contribution >= 0.6 is 7.59 Å². The summed E-state index contributed by atoms with van der Waals surface area (Å²) >= 11 is 0. The summed E-state index contributed by atoms with van der Waals surface area (Å²) in [7, 11) is -1.36. The molecule has 0 aromatic heterocycles.